The lowest BCUT2D eigenvalue weighted by Gasteiger charge is -2.25. The molecule has 0 atom stereocenters. The predicted molar refractivity (Wildman–Crippen MR) is 143 cm³/mol. The third-order valence-electron chi connectivity index (χ3n) is 6.18. The first-order chi connectivity index (χ1) is 18.3. The summed E-state index contributed by atoms with van der Waals surface area (Å²) in [4.78, 5) is 41.7. The number of anilines is 2. The average Bonchev–Trinajstić information content (AvgIpc) is 3.24. The highest BCUT2D eigenvalue weighted by atomic mass is 35.5. The molecule has 2 heterocycles. The molecule has 0 bridgehead atoms. The van der Waals surface area contributed by atoms with E-state index in [1.807, 2.05) is 0 Å². The van der Waals surface area contributed by atoms with Gasteiger partial charge in [-0.3, -0.25) is 28.8 Å². The number of nitrogens with zero attached hydrogens (tertiary/aromatic N) is 3. The van der Waals surface area contributed by atoms with Crippen LogP contribution >= 0.6 is 11.6 Å². The van der Waals surface area contributed by atoms with E-state index in [9.17, 15) is 28.3 Å². The van der Waals surface area contributed by atoms with Gasteiger partial charge in [0, 0.05) is 23.4 Å². The average molecular weight is 561 g/mol. The van der Waals surface area contributed by atoms with E-state index in [4.69, 9.17) is 16.3 Å². The Morgan fingerprint density at radius 2 is 1.82 bits per heavy atom. The molecule has 2 amide bonds. The molecule has 9 nitrogen and oxygen atoms in total. The number of aromatic nitrogens is 1. The molecule has 0 fully saturated rings. The zero-order valence-electron chi connectivity index (χ0n) is 21.7. The molecule has 2 aromatic carbocycles. The molecular weight excluding hydrogens is 534 g/mol. The molecule has 39 heavy (non-hydrogen) atoms. The van der Waals surface area contributed by atoms with Gasteiger partial charge in [0.2, 0.25) is 5.91 Å². The molecule has 1 aliphatic rings. The van der Waals surface area contributed by atoms with E-state index < -0.39 is 28.7 Å². The number of rotatable bonds is 7. The number of ether oxygens (including phenoxy) is 1. The second kappa shape index (κ2) is 10.8. The van der Waals surface area contributed by atoms with Crippen LogP contribution in [0.5, 0.6) is 5.75 Å². The van der Waals surface area contributed by atoms with Gasteiger partial charge < -0.3 is 15.2 Å². The molecule has 4 rings (SSSR count). The smallest absolute Gasteiger partial charge is 0.277 e. The van der Waals surface area contributed by atoms with Crippen molar-refractivity contribution < 1.29 is 28.2 Å². The Labute approximate surface area is 228 Å². The van der Waals surface area contributed by atoms with Crippen LogP contribution in [0.3, 0.4) is 0 Å². The number of fused-ring (bicyclic) bond motifs is 1. The fourth-order valence-electron chi connectivity index (χ4n) is 4.25. The van der Waals surface area contributed by atoms with Crippen molar-refractivity contribution in [1.29, 1.82) is 0 Å². The SMILES string of the molecule is CNCC(=O)N1CN(C(=O)C(C)(C)O)c2cc(-n3c(C)cc(OCc4ccc(F)cc4F)c(Cl)c3=O)ccc21. The lowest BCUT2D eigenvalue weighted by Crippen LogP contribution is -2.48. The van der Waals surface area contributed by atoms with Crippen LogP contribution in [0, 0.1) is 18.6 Å². The highest BCUT2D eigenvalue weighted by molar-refractivity contribution is 6.31. The quantitative estimate of drug-likeness (QED) is 0.460. The first-order valence-corrected chi connectivity index (χ1v) is 12.3. The lowest BCUT2D eigenvalue weighted by atomic mass is 10.1. The van der Waals surface area contributed by atoms with Gasteiger partial charge in [0.1, 0.15) is 41.3 Å². The molecule has 0 spiro atoms. The van der Waals surface area contributed by atoms with Gasteiger partial charge in [-0.15, -0.1) is 0 Å². The van der Waals surface area contributed by atoms with Crippen LogP contribution < -0.4 is 25.4 Å². The first-order valence-electron chi connectivity index (χ1n) is 12.0. The van der Waals surface area contributed by atoms with Gasteiger partial charge in [-0.1, -0.05) is 11.6 Å². The molecule has 0 saturated heterocycles. The number of hydrogen-bond donors (Lipinski definition) is 2. The summed E-state index contributed by atoms with van der Waals surface area (Å²) in [5.41, 5.74) is -0.719. The fraction of sp³-hybridized carbons (Fsp3) is 0.296. The van der Waals surface area contributed by atoms with Crippen molar-refractivity contribution in [3.8, 4) is 11.4 Å². The molecule has 1 aliphatic heterocycles. The zero-order chi connectivity index (χ0) is 28.6. The van der Waals surface area contributed by atoms with Gasteiger partial charge >= 0.3 is 0 Å². The highest BCUT2D eigenvalue weighted by Gasteiger charge is 2.39. The Hall–Kier alpha value is -3.80. The van der Waals surface area contributed by atoms with Gasteiger partial charge in [-0.05, 0) is 58.2 Å². The van der Waals surface area contributed by atoms with Gasteiger partial charge in [0.25, 0.3) is 11.5 Å². The maximum atomic E-state index is 14.0. The number of halogens is 3. The van der Waals surface area contributed by atoms with E-state index in [1.54, 1.807) is 32.2 Å². The summed E-state index contributed by atoms with van der Waals surface area (Å²) >= 11 is 6.34. The number of hydrogen-bond acceptors (Lipinski definition) is 6. The summed E-state index contributed by atoms with van der Waals surface area (Å²) < 4.78 is 34.1. The van der Waals surface area contributed by atoms with Crippen LogP contribution in [0.2, 0.25) is 5.02 Å². The van der Waals surface area contributed by atoms with Crippen LogP contribution in [0.15, 0.2) is 47.3 Å². The second-order valence-corrected chi connectivity index (χ2v) is 9.97. The van der Waals surface area contributed by atoms with Crippen LogP contribution in [-0.2, 0) is 16.2 Å². The van der Waals surface area contributed by atoms with E-state index in [2.05, 4.69) is 5.32 Å². The van der Waals surface area contributed by atoms with E-state index in [0.717, 1.165) is 12.1 Å². The predicted octanol–water partition coefficient (Wildman–Crippen LogP) is 3.28. The number of carbonyl (C=O) groups excluding carboxylic acids is 2. The minimum Gasteiger partial charge on any atom is -0.487 e. The van der Waals surface area contributed by atoms with Crippen molar-refractivity contribution in [1.82, 2.24) is 9.88 Å². The van der Waals surface area contributed by atoms with Crippen LogP contribution in [0.1, 0.15) is 25.1 Å². The van der Waals surface area contributed by atoms with Gasteiger partial charge in [0.15, 0.2) is 0 Å². The molecule has 12 heteroatoms. The van der Waals surface area contributed by atoms with E-state index in [0.29, 0.717) is 22.8 Å². The molecule has 206 valence electrons. The van der Waals surface area contributed by atoms with Gasteiger partial charge in [-0.2, -0.15) is 0 Å². The molecule has 2 N–H and O–H groups in total. The second-order valence-electron chi connectivity index (χ2n) is 9.59. The Bertz CT molecular complexity index is 1520. The number of benzene rings is 2. The summed E-state index contributed by atoms with van der Waals surface area (Å²) in [7, 11) is 1.63. The molecule has 0 radical (unpaired) electrons. The van der Waals surface area contributed by atoms with E-state index in [1.165, 1.54) is 40.3 Å². The molecule has 0 saturated carbocycles. The van der Waals surface area contributed by atoms with Crippen molar-refractivity contribution in [3.63, 3.8) is 0 Å². The van der Waals surface area contributed by atoms with Crippen molar-refractivity contribution in [3.05, 3.63) is 80.7 Å². The summed E-state index contributed by atoms with van der Waals surface area (Å²) in [6.45, 7) is 3.98. The number of pyridine rings is 1. The number of aryl methyl sites for hydroxylation is 1. The third kappa shape index (κ3) is 5.51. The van der Waals surface area contributed by atoms with E-state index >= 15 is 0 Å². The standard InChI is InChI=1S/C27H27ClF2N4O5/c1-15-9-22(39-13-16-5-6-17(29)10-19(16)30)24(28)25(36)34(15)18-7-8-20-21(11-18)33(26(37)27(2,3)38)14-32(20)23(35)12-31-4/h5-11,31,38H,12-14H2,1-4H3. The summed E-state index contributed by atoms with van der Waals surface area (Å²) in [5.74, 6) is -2.41. The molecular formula is C27H27ClF2N4O5. The maximum Gasteiger partial charge on any atom is 0.277 e. The summed E-state index contributed by atoms with van der Waals surface area (Å²) in [5, 5.41) is 12.9. The molecule has 0 unspecified atom stereocenters. The number of carbonyl (C=O) groups is 2. The number of aliphatic hydroxyl groups is 1. The minimum atomic E-state index is -1.71. The molecule has 1 aromatic heterocycles. The van der Waals surface area contributed by atoms with Gasteiger partial charge in [-0.25, -0.2) is 8.78 Å². The molecule has 3 aromatic rings. The lowest BCUT2D eigenvalue weighted by molar-refractivity contribution is -0.133. The van der Waals surface area contributed by atoms with Crippen molar-refractivity contribution in [2.24, 2.45) is 0 Å². The van der Waals surface area contributed by atoms with Crippen molar-refractivity contribution in [2.45, 2.75) is 33.0 Å². The minimum absolute atomic E-state index is 0.0166. The zero-order valence-corrected chi connectivity index (χ0v) is 22.5. The fourth-order valence-corrected chi connectivity index (χ4v) is 4.45. The highest BCUT2D eigenvalue weighted by Crippen LogP contribution is 2.39. The molecule has 0 aliphatic carbocycles. The largest absolute Gasteiger partial charge is 0.487 e. The van der Waals surface area contributed by atoms with Gasteiger partial charge in [0.05, 0.1) is 23.6 Å². The van der Waals surface area contributed by atoms with Crippen LogP contribution in [0.4, 0.5) is 20.2 Å². The number of likely N-dealkylation sites (N-methyl/N-ethyl adjacent to an activating group) is 1. The Morgan fingerprint density at radius 3 is 2.46 bits per heavy atom. The summed E-state index contributed by atoms with van der Waals surface area (Å²) in [6, 6.07) is 9.35. The number of nitrogens with one attached hydrogen (secondary N) is 1. The van der Waals surface area contributed by atoms with Crippen molar-refractivity contribution >= 4 is 34.8 Å². The Kier molecular flexibility index (Phi) is 7.78. The van der Waals surface area contributed by atoms with Crippen LogP contribution in [-0.4, -0.2) is 47.4 Å². The number of amides is 2. The monoisotopic (exact) mass is 560 g/mol. The first kappa shape index (κ1) is 28.2. The third-order valence-corrected chi connectivity index (χ3v) is 6.53. The van der Waals surface area contributed by atoms with Crippen molar-refractivity contribution in [2.75, 3.05) is 30.1 Å². The summed E-state index contributed by atoms with van der Waals surface area (Å²) in [6.07, 6.45) is 0. The Balaban J connectivity index is 1.73. The maximum absolute atomic E-state index is 14.0. The Morgan fingerprint density at radius 1 is 1.10 bits per heavy atom. The van der Waals surface area contributed by atoms with Crippen LogP contribution in [0.25, 0.3) is 5.69 Å². The van der Waals surface area contributed by atoms with E-state index in [-0.39, 0.29) is 42.1 Å². The normalized spacial score (nSPS) is 13.0. The topological polar surface area (TPSA) is 104 Å².